The minimum atomic E-state index is -0.468. The molecule has 0 bridgehead atoms. The van der Waals surface area contributed by atoms with Crippen LogP contribution in [0.15, 0.2) is 48.7 Å². The van der Waals surface area contributed by atoms with Crippen molar-refractivity contribution in [2.75, 3.05) is 31.7 Å². The van der Waals surface area contributed by atoms with Crippen LogP contribution in [-0.4, -0.2) is 48.5 Å². The predicted octanol–water partition coefficient (Wildman–Crippen LogP) is 3.86. The van der Waals surface area contributed by atoms with Crippen LogP contribution in [0.3, 0.4) is 0 Å². The standard InChI is InChI=1S/C25H21ClFN3O4/c1-33-21-3-2-15-4-5-29(12-18(15)8-21)23(31)13-30-24(32)14-34-22-9-17(11-28-25(22)30)16-6-19(26)10-20(27)7-16/h2-3,6-11H,4-5,12-14H2,1H3. The third-order valence-electron chi connectivity index (χ3n) is 6.01. The monoisotopic (exact) mass is 481 g/mol. The van der Waals surface area contributed by atoms with E-state index in [2.05, 4.69) is 4.98 Å². The molecule has 0 fully saturated rings. The van der Waals surface area contributed by atoms with E-state index in [0.29, 0.717) is 30.0 Å². The molecule has 0 radical (unpaired) electrons. The van der Waals surface area contributed by atoms with Gasteiger partial charge in [0.1, 0.15) is 18.1 Å². The summed E-state index contributed by atoms with van der Waals surface area (Å²) in [6, 6.07) is 11.7. The van der Waals surface area contributed by atoms with E-state index in [0.717, 1.165) is 17.7 Å². The third kappa shape index (κ3) is 4.28. The first-order valence-corrected chi connectivity index (χ1v) is 11.1. The van der Waals surface area contributed by atoms with Crippen LogP contribution in [0, 0.1) is 5.82 Å². The largest absolute Gasteiger partial charge is 0.497 e. The molecule has 2 amide bonds. The van der Waals surface area contributed by atoms with Crippen molar-refractivity contribution >= 4 is 29.2 Å². The number of pyridine rings is 1. The Labute approximate surface area is 200 Å². The lowest BCUT2D eigenvalue weighted by Gasteiger charge is -2.33. The van der Waals surface area contributed by atoms with Crippen molar-refractivity contribution in [3.05, 3.63) is 70.6 Å². The molecule has 0 saturated heterocycles. The number of carbonyl (C=O) groups excluding carboxylic acids is 2. The van der Waals surface area contributed by atoms with Crippen molar-refractivity contribution in [2.24, 2.45) is 0 Å². The quantitative estimate of drug-likeness (QED) is 0.566. The van der Waals surface area contributed by atoms with Gasteiger partial charge in [0.05, 0.1) is 7.11 Å². The van der Waals surface area contributed by atoms with Gasteiger partial charge >= 0.3 is 0 Å². The van der Waals surface area contributed by atoms with E-state index < -0.39 is 5.82 Å². The summed E-state index contributed by atoms with van der Waals surface area (Å²) in [6.07, 6.45) is 2.24. The number of amides is 2. The minimum absolute atomic E-state index is 0.146. The lowest BCUT2D eigenvalue weighted by molar-refractivity contribution is -0.132. The van der Waals surface area contributed by atoms with Gasteiger partial charge in [-0.05, 0) is 59.5 Å². The maximum atomic E-state index is 13.8. The molecule has 0 atom stereocenters. The van der Waals surface area contributed by atoms with Crippen LogP contribution in [0.4, 0.5) is 10.2 Å². The number of hydrogen-bond acceptors (Lipinski definition) is 5. The SMILES string of the molecule is COc1ccc2c(c1)CN(C(=O)CN1C(=O)COc3cc(-c4cc(F)cc(Cl)c4)cnc31)CC2. The molecule has 2 aliphatic heterocycles. The van der Waals surface area contributed by atoms with Crippen LogP contribution < -0.4 is 14.4 Å². The first kappa shape index (κ1) is 22.2. The number of rotatable bonds is 4. The average molecular weight is 482 g/mol. The van der Waals surface area contributed by atoms with E-state index in [1.165, 1.54) is 28.8 Å². The van der Waals surface area contributed by atoms with Crippen molar-refractivity contribution in [3.8, 4) is 22.6 Å². The van der Waals surface area contributed by atoms with Gasteiger partial charge < -0.3 is 14.4 Å². The molecule has 7 nitrogen and oxygen atoms in total. The van der Waals surface area contributed by atoms with Gasteiger partial charge in [-0.3, -0.25) is 14.5 Å². The molecule has 3 aromatic rings. The van der Waals surface area contributed by atoms with E-state index in [9.17, 15) is 14.0 Å². The lowest BCUT2D eigenvalue weighted by atomic mass is 9.99. The number of benzene rings is 2. The van der Waals surface area contributed by atoms with E-state index >= 15 is 0 Å². The fourth-order valence-corrected chi connectivity index (χ4v) is 4.45. The van der Waals surface area contributed by atoms with E-state index in [1.807, 2.05) is 18.2 Å². The number of halogens is 2. The molecule has 9 heteroatoms. The highest BCUT2D eigenvalue weighted by molar-refractivity contribution is 6.30. The van der Waals surface area contributed by atoms with Crippen LogP contribution in [0.2, 0.25) is 5.02 Å². The van der Waals surface area contributed by atoms with Gasteiger partial charge in [0.25, 0.3) is 5.91 Å². The van der Waals surface area contributed by atoms with Crippen molar-refractivity contribution in [2.45, 2.75) is 13.0 Å². The van der Waals surface area contributed by atoms with Gasteiger partial charge in [-0.2, -0.15) is 0 Å². The Bertz CT molecular complexity index is 1280. The molecule has 0 saturated carbocycles. The first-order valence-electron chi connectivity index (χ1n) is 10.7. The van der Waals surface area contributed by atoms with Gasteiger partial charge in [0.2, 0.25) is 5.91 Å². The van der Waals surface area contributed by atoms with Gasteiger partial charge in [0.15, 0.2) is 18.2 Å². The molecule has 3 heterocycles. The highest BCUT2D eigenvalue weighted by Gasteiger charge is 2.31. The van der Waals surface area contributed by atoms with Gasteiger partial charge in [-0.1, -0.05) is 17.7 Å². The summed E-state index contributed by atoms with van der Waals surface area (Å²) in [5.74, 6) is 0.342. The van der Waals surface area contributed by atoms with Crippen molar-refractivity contribution < 1.29 is 23.5 Å². The minimum Gasteiger partial charge on any atom is -0.497 e. The smallest absolute Gasteiger partial charge is 0.266 e. The summed E-state index contributed by atoms with van der Waals surface area (Å²) in [6.45, 7) is 0.654. The van der Waals surface area contributed by atoms with Crippen LogP contribution in [0.5, 0.6) is 11.5 Å². The first-order chi connectivity index (χ1) is 16.4. The molecule has 2 aliphatic rings. The molecule has 2 aromatic carbocycles. The maximum Gasteiger partial charge on any atom is 0.266 e. The number of ether oxygens (including phenoxy) is 2. The molecule has 1 aromatic heterocycles. The molecule has 34 heavy (non-hydrogen) atoms. The van der Waals surface area contributed by atoms with E-state index in [4.69, 9.17) is 21.1 Å². The zero-order valence-corrected chi connectivity index (χ0v) is 19.1. The van der Waals surface area contributed by atoms with Gasteiger partial charge in [-0.15, -0.1) is 0 Å². The topological polar surface area (TPSA) is 72.0 Å². The molecule has 5 rings (SSSR count). The summed E-state index contributed by atoms with van der Waals surface area (Å²) >= 11 is 5.97. The number of aromatic nitrogens is 1. The zero-order valence-electron chi connectivity index (χ0n) is 18.4. The maximum absolute atomic E-state index is 13.8. The molecule has 0 aliphatic carbocycles. The fraction of sp³-hybridized carbons (Fsp3) is 0.240. The Hall–Kier alpha value is -3.65. The average Bonchev–Trinajstić information content (AvgIpc) is 2.84. The lowest BCUT2D eigenvalue weighted by Crippen LogP contribution is -2.47. The van der Waals surface area contributed by atoms with Crippen molar-refractivity contribution in [3.63, 3.8) is 0 Å². The molecule has 0 N–H and O–H groups in total. The summed E-state index contributed by atoms with van der Waals surface area (Å²) in [7, 11) is 1.61. The van der Waals surface area contributed by atoms with Crippen molar-refractivity contribution in [1.82, 2.24) is 9.88 Å². The molecule has 0 unspecified atom stereocenters. The Morgan fingerprint density at radius 3 is 2.82 bits per heavy atom. The Morgan fingerprint density at radius 2 is 2.03 bits per heavy atom. The summed E-state index contributed by atoms with van der Waals surface area (Å²) in [4.78, 5) is 33.2. The molecule has 174 valence electrons. The Balaban J connectivity index is 1.36. The molecular formula is C25H21ClFN3O4. The molecule has 0 spiro atoms. The number of hydrogen-bond donors (Lipinski definition) is 0. The zero-order chi connectivity index (χ0) is 23.8. The summed E-state index contributed by atoms with van der Waals surface area (Å²) in [5, 5.41) is 0.261. The number of anilines is 1. The van der Waals surface area contributed by atoms with E-state index in [1.54, 1.807) is 24.1 Å². The summed E-state index contributed by atoms with van der Waals surface area (Å²) < 4.78 is 24.7. The Morgan fingerprint density at radius 1 is 1.18 bits per heavy atom. The molecular weight excluding hydrogens is 461 g/mol. The van der Waals surface area contributed by atoms with Crippen LogP contribution in [-0.2, 0) is 22.6 Å². The third-order valence-corrected chi connectivity index (χ3v) is 6.23. The van der Waals surface area contributed by atoms with Crippen molar-refractivity contribution in [1.29, 1.82) is 0 Å². The predicted molar refractivity (Wildman–Crippen MR) is 125 cm³/mol. The van der Waals surface area contributed by atoms with Crippen LogP contribution in [0.1, 0.15) is 11.1 Å². The van der Waals surface area contributed by atoms with Gasteiger partial charge in [-0.25, -0.2) is 9.37 Å². The normalized spacial score (nSPS) is 14.9. The highest BCUT2D eigenvalue weighted by atomic mass is 35.5. The second-order valence-electron chi connectivity index (χ2n) is 8.17. The number of nitrogens with zero attached hydrogens (tertiary/aromatic N) is 3. The van der Waals surface area contributed by atoms with Crippen LogP contribution >= 0.6 is 11.6 Å². The second kappa shape index (κ2) is 8.95. The number of fused-ring (bicyclic) bond motifs is 2. The summed E-state index contributed by atoms with van der Waals surface area (Å²) in [5.41, 5.74) is 3.33. The second-order valence-corrected chi connectivity index (χ2v) is 8.61. The van der Waals surface area contributed by atoms with Gasteiger partial charge in [0, 0.05) is 29.9 Å². The number of methoxy groups -OCH3 is 1. The Kier molecular flexibility index (Phi) is 5.83. The highest BCUT2D eigenvalue weighted by Crippen LogP contribution is 2.35. The fourth-order valence-electron chi connectivity index (χ4n) is 4.23. The number of carbonyl (C=O) groups is 2. The van der Waals surface area contributed by atoms with E-state index in [-0.39, 0.29) is 35.8 Å². The van der Waals surface area contributed by atoms with Crippen LogP contribution in [0.25, 0.3) is 11.1 Å².